The van der Waals surface area contributed by atoms with E-state index in [2.05, 4.69) is 4.79 Å². The molecule has 1 rings (SSSR count). The molecule has 0 radical (unpaired) electrons. The summed E-state index contributed by atoms with van der Waals surface area (Å²) in [4.78, 5) is 1.88. The third-order valence-electron chi connectivity index (χ3n) is 2.95. The fourth-order valence-corrected chi connectivity index (χ4v) is 5.42. The standard InChI is InChI=1S/C13H17FN2O4S2/c1-2-3-4-5-9-21(17,18)13(16-15)22(19,20)12-8-6-7-11(14)10-12/h6-8,10H,2-5,9H2,1H3. The second-order valence-corrected chi connectivity index (χ2v) is 8.85. The van der Waals surface area contributed by atoms with Crippen LogP contribution in [0.15, 0.2) is 29.2 Å². The van der Waals surface area contributed by atoms with Crippen LogP contribution >= 0.6 is 0 Å². The molecule has 0 spiro atoms. The van der Waals surface area contributed by atoms with Gasteiger partial charge in [0, 0.05) is 0 Å². The molecule has 9 heteroatoms. The van der Waals surface area contributed by atoms with Crippen molar-refractivity contribution >= 4 is 24.1 Å². The van der Waals surface area contributed by atoms with Gasteiger partial charge in [-0.25, -0.2) is 21.2 Å². The summed E-state index contributed by atoms with van der Waals surface area (Å²) in [7, 11) is -8.88. The van der Waals surface area contributed by atoms with Crippen LogP contribution < -0.4 is 0 Å². The number of unbranched alkanes of at least 4 members (excludes halogenated alkanes) is 3. The van der Waals surface area contributed by atoms with E-state index < -0.39 is 40.5 Å². The van der Waals surface area contributed by atoms with Gasteiger partial charge < -0.3 is 5.53 Å². The molecule has 0 aliphatic carbocycles. The smallest absolute Gasteiger partial charge is 0.359 e. The lowest BCUT2D eigenvalue weighted by molar-refractivity contribution is 0.00380. The molecule has 0 heterocycles. The van der Waals surface area contributed by atoms with Gasteiger partial charge in [0.25, 0.3) is 19.7 Å². The minimum Gasteiger partial charge on any atom is -0.359 e. The number of hydrogen-bond acceptors (Lipinski definition) is 4. The van der Waals surface area contributed by atoms with Crippen LogP contribution in [-0.2, 0) is 19.7 Å². The highest BCUT2D eigenvalue weighted by Crippen LogP contribution is 2.17. The number of nitrogens with zero attached hydrogens (tertiary/aromatic N) is 2. The zero-order chi connectivity index (χ0) is 16.8. The summed E-state index contributed by atoms with van der Waals surface area (Å²) in [5.74, 6) is -1.28. The number of sulfone groups is 2. The van der Waals surface area contributed by atoms with Gasteiger partial charge in [-0.1, -0.05) is 32.3 Å². The average molecular weight is 348 g/mol. The maximum atomic E-state index is 13.1. The van der Waals surface area contributed by atoms with Crippen LogP contribution in [0.25, 0.3) is 5.53 Å². The fourth-order valence-electron chi connectivity index (χ4n) is 1.82. The molecule has 22 heavy (non-hydrogen) atoms. The Morgan fingerprint density at radius 3 is 2.41 bits per heavy atom. The zero-order valence-electron chi connectivity index (χ0n) is 12.1. The lowest BCUT2D eigenvalue weighted by Crippen LogP contribution is -2.28. The van der Waals surface area contributed by atoms with Crippen molar-refractivity contribution in [2.75, 3.05) is 5.75 Å². The molecule has 0 aliphatic heterocycles. The van der Waals surface area contributed by atoms with Crippen molar-refractivity contribution < 1.29 is 26.0 Å². The molecule has 0 aliphatic rings. The highest BCUT2D eigenvalue weighted by molar-refractivity contribution is 8.31. The van der Waals surface area contributed by atoms with E-state index >= 15 is 0 Å². The summed E-state index contributed by atoms with van der Waals surface area (Å²) < 4.78 is 60.3. The molecular formula is C13H17FN2O4S2. The molecule has 0 fully saturated rings. The van der Waals surface area contributed by atoms with Crippen LogP contribution in [-0.4, -0.2) is 31.8 Å². The van der Waals surface area contributed by atoms with Crippen molar-refractivity contribution in [1.82, 2.24) is 0 Å². The first-order valence-electron chi connectivity index (χ1n) is 6.71. The zero-order valence-corrected chi connectivity index (χ0v) is 13.7. The van der Waals surface area contributed by atoms with E-state index in [0.717, 1.165) is 31.0 Å². The first-order valence-corrected chi connectivity index (χ1v) is 9.84. The van der Waals surface area contributed by atoms with Gasteiger partial charge >= 0.3 is 4.38 Å². The van der Waals surface area contributed by atoms with Crippen molar-refractivity contribution in [1.29, 1.82) is 0 Å². The first-order chi connectivity index (χ1) is 10.3. The molecule has 0 unspecified atom stereocenters. The molecule has 0 atom stereocenters. The van der Waals surface area contributed by atoms with Crippen LogP contribution in [0.2, 0.25) is 0 Å². The maximum Gasteiger partial charge on any atom is 0.499 e. The Hall–Kier alpha value is -1.57. The van der Waals surface area contributed by atoms with Crippen LogP contribution in [0.4, 0.5) is 4.39 Å². The Kier molecular flexibility index (Phi) is 6.40. The fraction of sp³-hybridized carbons (Fsp3) is 0.462. The molecule has 0 aromatic heterocycles. The third kappa shape index (κ3) is 4.46. The summed E-state index contributed by atoms with van der Waals surface area (Å²) >= 11 is 0. The lowest BCUT2D eigenvalue weighted by atomic mass is 10.2. The summed E-state index contributed by atoms with van der Waals surface area (Å²) in [6, 6.07) is 3.86. The van der Waals surface area contributed by atoms with Crippen molar-refractivity contribution in [2.45, 2.75) is 37.5 Å². The van der Waals surface area contributed by atoms with Crippen LogP contribution in [0, 0.1) is 5.82 Å². The Bertz CT molecular complexity index is 782. The van der Waals surface area contributed by atoms with Gasteiger partial charge in [-0.2, -0.15) is 0 Å². The molecular weight excluding hydrogens is 331 g/mol. The van der Waals surface area contributed by atoms with Gasteiger partial charge in [0.05, 0.1) is 10.6 Å². The van der Waals surface area contributed by atoms with Crippen molar-refractivity contribution in [3.63, 3.8) is 0 Å². The van der Waals surface area contributed by atoms with E-state index in [9.17, 15) is 21.2 Å². The molecule has 0 amide bonds. The molecule has 0 bridgehead atoms. The first kappa shape index (κ1) is 18.5. The number of benzene rings is 1. The highest BCUT2D eigenvalue weighted by atomic mass is 32.3. The third-order valence-corrected chi connectivity index (χ3v) is 7.23. The van der Waals surface area contributed by atoms with E-state index in [1.807, 2.05) is 6.92 Å². The van der Waals surface area contributed by atoms with Gasteiger partial charge in [0.1, 0.15) is 5.82 Å². The maximum absolute atomic E-state index is 13.1. The summed E-state index contributed by atoms with van der Waals surface area (Å²) in [6.45, 7) is 1.95. The van der Waals surface area contributed by atoms with E-state index in [1.165, 1.54) is 0 Å². The minimum absolute atomic E-state index is 0.258. The van der Waals surface area contributed by atoms with Crippen molar-refractivity contribution in [2.24, 2.45) is 0 Å². The Morgan fingerprint density at radius 1 is 1.18 bits per heavy atom. The SMILES string of the molecule is CCCCCCS(=O)(=O)C(=[N+]=[N-])S(=O)(=O)c1cccc(F)c1. The number of hydrogen-bond donors (Lipinski definition) is 0. The molecule has 0 N–H and O–H groups in total. The average Bonchev–Trinajstić information content (AvgIpc) is 2.44. The van der Waals surface area contributed by atoms with Crippen LogP contribution in [0.5, 0.6) is 0 Å². The normalized spacial score (nSPS) is 11.9. The molecule has 1 aromatic rings. The van der Waals surface area contributed by atoms with Gasteiger partial charge in [-0.3, -0.25) is 0 Å². The minimum atomic E-state index is -4.60. The molecule has 0 saturated carbocycles. The topological polar surface area (TPSA) is 105 Å². The van der Waals surface area contributed by atoms with Crippen molar-refractivity contribution in [3.05, 3.63) is 35.6 Å². The molecule has 0 saturated heterocycles. The van der Waals surface area contributed by atoms with E-state index in [4.69, 9.17) is 5.53 Å². The van der Waals surface area contributed by atoms with Crippen LogP contribution in [0.3, 0.4) is 0 Å². The second kappa shape index (κ2) is 7.62. The Balaban J connectivity index is 3.13. The predicted molar refractivity (Wildman–Crippen MR) is 80.1 cm³/mol. The molecule has 6 nitrogen and oxygen atoms in total. The Labute approximate surface area is 129 Å². The second-order valence-electron chi connectivity index (χ2n) is 4.71. The largest absolute Gasteiger partial charge is 0.499 e. The van der Waals surface area contributed by atoms with Gasteiger partial charge in [0.2, 0.25) is 0 Å². The van der Waals surface area contributed by atoms with Gasteiger partial charge in [0.15, 0.2) is 0 Å². The summed E-state index contributed by atoms with van der Waals surface area (Å²) in [5.41, 5.74) is 8.87. The Morgan fingerprint density at radius 2 is 1.86 bits per heavy atom. The van der Waals surface area contributed by atoms with Crippen molar-refractivity contribution in [3.8, 4) is 0 Å². The van der Waals surface area contributed by atoms with E-state index in [-0.39, 0.29) is 6.42 Å². The van der Waals surface area contributed by atoms with Crippen LogP contribution in [0.1, 0.15) is 32.6 Å². The summed E-state index contributed by atoms with van der Waals surface area (Å²) in [6.07, 6.45) is 2.59. The predicted octanol–water partition coefficient (Wildman–Crippen LogP) is 2.18. The molecule has 122 valence electrons. The monoisotopic (exact) mass is 348 g/mol. The molecule has 1 aromatic carbocycles. The highest BCUT2D eigenvalue weighted by Gasteiger charge is 2.42. The quantitative estimate of drug-likeness (QED) is 0.258. The number of halogens is 1. The number of rotatable bonds is 6. The van der Waals surface area contributed by atoms with E-state index in [0.29, 0.717) is 12.5 Å². The van der Waals surface area contributed by atoms with Gasteiger partial charge in [-0.05, 0) is 24.6 Å². The lowest BCUT2D eigenvalue weighted by Gasteiger charge is -2.02. The summed E-state index contributed by atoms with van der Waals surface area (Å²) in [5, 5.41) is 0. The van der Waals surface area contributed by atoms with Gasteiger partial charge in [-0.15, -0.1) is 4.79 Å². The van der Waals surface area contributed by atoms with E-state index in [1.54, 1.807) is 0 Å².